The molecule has 11 heteroatoms. The zero-order valence-corrected chi connectivity index (χ0v) is 14.6. The zero-order valence-electron chi connectivity index (χ0n) is 14.6. The Morgan fingerprint density at radius 1 is 0.897 bits per heavy atom. The van der Waals surface area contributed by atoms with E-state index in [0.717, 1.165) is 0 Å². The van der Waals surface area contributed by atoms with E-state index in [4.69, 9.17) is 0 Å². The molecule has 156 valence electrons. The molecule has 2 unspecified atom stereocenters. The smallest absolute Gasteiger partial charge is 0.325 e. The molecule has 1 aliphatic carbocycles. The Kier molecular flexibility index (Phi) is 5.18. The van der Waals surface area contributed by atoms with Gasteiger partial charge in [-0.3, -0.25) is 19.3 Å². The number of benzene rings is 1. The molecule has 1 heterocycles. The van der Waals surface area contributed by atoms with Crippen molar-refractivity contribution in [1.82, 2.24) is 4.90 Å². The molecule has 0 spiro atoms. The van der Waals surface area contributed by atoms with Crippen molar-refractivity contribution < 1.29 is 40.7 Å². The van der Waals surface area contributed by atoms with Gasteiger partial charge in [-0.15, -0.1) is 0 Å². The van der Waals surface area contributed by atoms with E-state index in [1.807, 2.05) is 5.32 Å². The van der Waals surface area contributed by atoms with Crippen LogP contribution in [0.15, 0.2) is 30.4 Å². The molecular weight excluding hydrogens is 406 g/mol. The van der Waals surface area contributed by atoms with Crippen LogP contribution in [-0.4, -0.2) is 29.2 Å². The van der Waals surface area contributed by atoms with E-state index in [2.05, 4.69) is 0 Å². The highest BCUT2D eigenvalue weighted by atomic mass is 19.4. The Balaban J connectivity index is 1.79. The maximum absolute atomic E-state index is 12.9. The summed E-state index contributed by atoms with van der Waals surface area (Å²) in [5.41, 5.74) is -3.92. The summed E-state index contributed by atoms with van der Waals surface area (Å²) in [5.74, 6) is -3.46. The van der Waals surface area contributed by atoms with Gasteiger partial charge in [0.05, 0.1) is 23.0 Å². The number of nitrogens with zero attached hydrogens (tertiary/aromatic N) is 1. The number of rotatable bonds is 3. The first-order valence-electron chi connectivity index (χ1n) is 8.47. The third-order valence-corrected chi connectivity index (χ3v) is 4.77. The molecule has 0 aromatic heterocycles. The Morgan fingerprint density at radius 2 is 1.34 bits per heavy atom. The van der Waals surface area contributed by atoms with E-state index in [0.29, 0.717) is 29.9 Å². The highest BCUT2D eigenvalue weighted by molar-refractivity contribution is 6.08. The van der Waals surface area contributed by atoms with Crippen LogP contribution in [0.25, 0.3) is 0 Å². The van der Waals surface area contributed by atoms with Gasteiger partial charge in [0, 0.05) is 5.69 Å². The maximum atomic E-state index is 12.9. The molecule has 1 aromatic carbocycles. The average molecular weight is 420 g/mol. The number of likely N-dealkylation sites (tertiary alicyclic amines) is 1. The molecule has 1 fully saturated rings. The molecule has 0 bridgehead atoms. The van der Waals surface area contributed by atoms with E-state index in [-0.39, 0.29) is 6.07 Å². The van der Waals surface area contributed by atoms with E-state index in [9.17, 15) is 40.7 Å². The van der Waals surface area contributed by atoms with Gasteiger partial charge in [-0.2, -0.15) is 26.3 Å². The molecule has 29 heavy (non-hydrogen) atoms. The molecule has 5 nitrogen and oxygen atoms in total. The SMILES string of the molecule is O=C(CN1C(=O)C2CC=CCC2C1=O)Nc1cc(C(F)(F)F)cc(C(F)(F)F)c1. The predicted molar refractivity (Wildman–Crippen MR) is 87.1 cm³/mol. The van der Waals surface area contributed by atoms with Crippen molar-refractivity contribution in [3.8, 4) is 0 Å². The van der Waals surface area contributed by atoms with Crippen molar-refractivity contribution in [3.63, 3.8) is 0 Å². The Morgan fingerprint density at radius 3 is 1.76 bits per heavy atom. The number of hydrogen-bond acceptors (Lipinski definition) is 3. The number of amides is 3. The lowest BCUT2D eigenvalue weighted by atomic mass is 9.85. The van der Waals surface area contributed by atoms with E-state index >= 15 is 0 Å². The molecule has 2 aliphatic rings. The topological polar surface area (TPSA) is 66.5 Å². The van der Waals surface area contributed by atoms with Crippen LogP contribution in [0.2, 0.25) is 0 Å². The minimum absolute atomic E-state index is 0.0686. The summed E-state index contributed by atoms with van der Waals surface area (Å²) in [7, 11) is 0. The lowest BCUT2D eigenvalue weighted by molar-refractivity contribution is -0.143. The number of carbonyl (C=O) groups is 3. The third-order valence-electron chi connectivity index (χ3n) is 4.77. The first-order valence-corrected chi connectivity index (χ1v) is 8.47. The minimum atomic E-state index is -5.07. The van der Waals surface area contributed by atoms with Gasteiger partial charge in [-0.1, -0.05) is 12.2 Å². The normalized spacial score (nSPS) is 22.1. The first kappa shape index (κ1) is 20.9. The van der Waals surface area contributed by atoms with Crippen molar-refractivity contribution >= 4 is 23.4 Å². The molecule has 3 amide bonds. The highest BCUT2D eigenvalue weighted by Gasteiger charge is 2.47. The van der Waals surface area contributed by atoms with Gasteiger partial charge in [0.1, 0.15) is 6.54 Å². The average Bonchev–Trinajstić information content (AvgIpc) is 2.85. The van der Waals surface area contributed by atoms with Gasteiger partial charge in [0.15, 0.2) is 0 Å². The summed E-state index contributed by atoms with van der Waals surface area (Å²) in [5, 5.41) is 1.92. The zero-order chi connectivity index (χ0) is 21.6. The maximum Gasteiger partial charge on any atom is 0.416 e. The summed E-state index contributed by atoms with van der Waals surface area (Å²) < 4.78 is 77.3. The van der Waals surface area contributed by atoms with Crippen LogP contribution in [0, 0.1) is 11.8 Å². The van der Waals surface area contributed by atoms with Crippen LogP contribution in [-0.2, 0) is 26.7 Å². The van der Waals surface area contributed by atoms with Crippen molar-refractivity contribution in [2.75, 3.05) is 11.9 Å². The molecule has 1 saturated heterocycles. The van der Waals surface area contributed by atoms with Crippen LogP contribution in [0.4, 0.5) is 32.0 Å². The Bertz CT molecular complexity index is 832. The summed E-state index contributed by atoms with van der Waals surface area (Å²) in [4.78, 5) is 37.4. The lowest BCUT2D eigenvalue weighted by Gasteiger charge is -2.17. The number of halogens is 6. The quantitative estimate of drug-likeness (QED) is 0.462. The standard InChI is InChI=1S/C18H14F6N2O3/c19-17(20,21)9-5-10(18(22,23)24)7-11(6-9)25-14(27)8-26-15(28)12-3-1-2-4-13(12)16(26)29/h1-2,5-7,12-13H,3-4,8H2,(H,25,27). The molecule has 2 atom stereocenters. The molecular formula is C18H14F6N2O3. The number of alkyl halides is 6. The van der Waals surface area contributed by atoms with Crippen molar-refractivity contribution in [2.45, 2.75) is 25.2 Å². The van der Waals surface area contributed by atoms with Gasteiger partial charge in [-0.25, -0.2) is 0 Å². The second-order valence-electron chi connectivity index (χ2n) is 6.76. The van der Waals surface area contributed by atoms with Gasteiger partial charge < -0.3 is 5.32 Å². The number of imide groups is 1. The van der Waals surface area contributed by atoms with Gasteiger partial charge in [0.25, 0.3) is 0 Å². The van der Waals surface area contributed by atoms with Crippen LogP contribution in [0.5, 0.6) is 0 Å². The van der Waals surface area contributed by atoms with Gasteiger partial charge >= 0.3 is 12.4 Å². The fraction of sp³-hybridized carbons (Fsp3) is 0.389. The second-order valence-corrected chi connectivity index (χ2v) is 6.76. The van der Waals surface area contributed by atoms with Crippen LogP contribution < -0.4 is 5.32 Å². The molecule has 0 saturated carbocycles. The minimum Gasteiger partial charge on any atom is -0.325 e. The van der Waals surface area contributed by atoms with Crippen molar-refractivity contribution in [2.24, 2.45) is 11.8 Å². The van der Waals surface area contributed by atoms with Gasteiger partial charge in [0.2, 0.25) is 17.7 Å². The number of carbonyl (C=O) groups excluding carboxylic acids is 3. The monoisotopic (exact) mass is 420 g/mol. The number of nitrogens with one attached hydrogen (secondary N) is 1. The molecule has 1 N–H and O–H groups in total. The molecule has 0 radical (unpaired) electrons. The summed E-state index contributed by atoms with van der Waals surface area (Å²) in [6.07, 6.45) is -6.01. The van der Waals surface area contributed by atoms with Gasteiger partial charge in [-0.05, 0) is 31.0 Å². The molecule has 3 rings (SSSR count). The van der Waals surface area contributed by atoms with E-state index < -0.39 is 65.3 Å². The molecule has 1 aliphatic heterocycles. The third kappa shape index (κ3) is 4.28. The van der Waals surface area contributed by atoms with E-state index in [1.54, 1.807) is 12.2 Å². The fourth-order valence-corrected chi connectivity index (χ4v) is 3.40. The Labute approximate surface area is 160 Å². The number of allylic oxidation sites excluding steroid dienone is 2. The number of fused-ring (bicyclic) bond motifs is 1. The van der Waals surface area contributed by atoms with Crippen molar-refractivity contribution in [3.05, 3.63) is 41.5 Å². The van der Waals surface area contributed by atoms with Crippen molar-refractivity contribution in [1.29, 1.82) is 0 Å². The first-order chi connectivity index (χ1) is 13.4. The second kappa shape index (κ2) is 7.20. The molecule has 1 aromatic rings. The summed E-state index contributed by atoms with van der Waals surface area (Å²) in [6.45, 7) is -0.789. The summed E-state index contributed by atoms with van der Waals surface area (Å²) >= 11 is 0. The Hall–Kier alpha value is -2.85. The lowest BCUT2D eigenvalue weighted by Crippen LogP contribution is -2.38. The summed E-state index contributed by atoms with van der Waals surface area (Å²) in [6, 6.07) is 0.635. The van der Waals surface area contributed by atoms with Crippen LogP contribution in [0.1, 0.15) is 24.0 Å². The van der Waals surface area contributed by atoms with Crippen LogP contribution in [0.3, 0.4) is 0 Å². The predicted octanol–water partition coefficient (Wildman–Crippen LogP) is 3.61. The fourth-order valence-electron chi connectivity index (χ4n) is 3.40. The highest BCUT2D eigenvalue weighted by Crippen LogP contribution is 2.38. The van der Waals surface area contributed by atoms with E-state index in [1.165, 1.54) is 0 Å². The number of hydrogen-bond donors (Lipinski definition) is 1. The van der Waals surface area contributed by atoms with Crippen LogP contribution >= 0.6 is 0 Å². The largest absolute Gasteiger partial charge is 0.416 e. The number of anilines is 1.